The Kier molecular flexibility index (Phi) is 5.76. The lowest BCUT2D eigenvalue weighted by molar-refractivity contribution is 0.0469. The van der Waals surface area contributed by atoms with Crippen LogP contribution in [0.3, 0.4) is 0 Å². The molecule has 0 fully saturated rings. The third kappa shape index (κ3) is 4.50. The molecule has 0 bridgehead atoms. The summed E-state index contributed by atoms with van der Waals surface area (Å²) in [7, 11) is -4.01. The second kappa shape index (κ2) is 8.88. The maximum Gasteiger partial charge on any atom is 0.340 e. The first-order valence-corrected chi connectivity index (χ1v) is 12.1. The van der Waals surface area contributed by atoms with Crippen LogP contribution in [0.5, 0.6) is 11.5 Å². The Morgan fingerprint density at radius 3 is 2.71 bits per heavy atom. The highest BCUT2D eigenvalue weighted by Gasteiger charge is 2.22. The summed E-state index contributed by atoms with van der Waals surface area (Å²) in [6.07, 6.45) is 3.39. The third-order valence-corrected chi connectivity index (χ3v) is 6.62. The van der Waals surface area contributed by atoms with Gasteiger partial charge in [0.25, 0.3) is 10.0 Å². The number of carbonyl (C=O) groups is 1. The molecular weight excluding hydrogens is 482 g/mol. The smallest absolute Gasteiger partial charge is 0.340 e. The molecule has 3 heterocycles. The molecule has 0 unspecified atom stereocenters. The zero-order chi connectivity index (χ0) is 23.7. The van der Waals surface area contributed by atoms with Gasteiger partial charge in [-0.1, -0.05) is 23.7 Å². The van der Waals surface area contributed by atoms with Crippen LogP contribution in [0.2, 0.25) is 5.02 Å². The predicted molar refractivity (Wildman–Crippen MR) is 124 cm³/mol. The first kappa shape index (κ1) is 22.1. The van der Waals surface area contributed by atoms with E-state index < -0.39 is 16.0 Å². The Hall–Kier alpha value is -3.76. The van der Waals surface area contributed by atoms with E-state index in [1.165, 1.54) is 30.3 Å². The van der Waals surface area contributed by atoms with Crippen LogP contribution in [0.25, 0.3) is 5.65 Å². The van der Waals surface area contributed by atoms with Gasteiger partial charge in [-0.15, -0.1) is 0 Å². The minimum Gasteiger partial charge on any atom is -0.486 e. The van der Waals surface area contributed by atoms with E-state index in [1.54, 1.807) is 41.1 Å². The highest BCUT2D eigenvalue weighted by molar-refractivity contribution is 7.92. The summed E-state index contributed by atoms with van der Waals surface area (Å²) in [6, 6.07) is 14.0. The van der Waals surface area contributed by atoms with Crippen molar-refractivity contribution in [3.63, 3.8) is 0 Å². The van der Waals surface area contributed by atoms with Crippen molar-refractivity contribution in [2.75, 3.05) is 17.9 Å². The van der Waals surface area contributed by atoms with Crippen molar-refractivity contribution in [3.05, 3.63) is 83.3 Å². The third-order valence-electron chi connectivity index (χ3n) is 5.03. The van der Waals surface area contributed by atoms with Crippen LogP contribution in [0.4, 0.5) is 5.69 Å². The zero-order valence-electron chi connectivity index (χ0n) is 17.6. The second-order valence-electron chi connectivity index (χ2n) is 7.38. The van der Waals surface area contributed by atoms with Gasteiger partial charge in [-0.25, -0.2) is 18.2 Å². The fraction of sp³-hybridized carbons (Fsp3) is 0.130. The number of aromatic nitrogens is 2. The lowest BCUT2D eigenvalue weighted by Gasteiger charge is -2.19. The van der Waals surface area contributed by atoms with Gasteiger partial charge in [0.05, 0.1) is 26.9 Å². The minimum absolute atomic E-state index is 0.0247. The van der Waals surface area contributed by atoms with E-state index in [4.69, 9.17) is 25.8 Å². The Morgan fingerprint density at radius 2 is 1.85 bits per heavy atom. The largest absolute Gasteiger partial charge is 0.486 e. The Morgan fingerprint density at radius 1 is 1.06 bits per heavy atom. The number of fused-ring (bicyclic) bond motifs is 2. The summed E-state index contributed by atoms with van der Waals surface area (Å²) in [5, 5.41) is 0.549. The lowest BCUT2D eigenvalue weighted by Crippen LogP contribution is -2.18. The van der Waals surface area contributed by atoms with Gasteiger partial charge in [-0.05, 0) is 36.4 Å². The van der Waals surface area contributed by atoms with Crippen LogP contribution >= 0.6 is 11.6 Å². The molecule has 1 aliphatic rings. The average molecular weight is 500 g/mol. The van der Waals surface area contributed by atoms with Gasteiger partial charge in [0, 0.05) is 18.5 Å². The molecule has 11 heteroatoms. The Balaban J connectivity index is 1.33. The molecule has 0 saturated carbocycles. The number of hydrogen-bond acceptors (Lipinski definition) is 7. The normalized spacial score (nSPS) is 13.0. The number of nitrogens with zero attached hydrogens (tertiary/aromatic N) is 2. The Bertz CT molecular complexity index is 1500. The van der Waals surface area contributed by atoms with Gasteiger partial charge < -0.3 is 18.6 Å². The molecule has 1 aliphatic heterocycles. The molecule has 2 aromatic heterocycles. The predicted octanol–water partition coefficient (Wildman–Crippen LogP) is 3.92. The molecule has 0 atom stereocenters. The summed E-state index contributed by atoms with van der Waals surface area (Å²) in [5.74, 6) is 0.120. The van der Waals surface area contributed by atoms with Crippen molar-refractivity contribution in [1.29, 1.82) is 0 Å². The quantitative estimate of drug-likeness (QED) is 0.400. The first-order chi connectivity index (χ1) is 16.4. The van der Waals surface area contributed by atoms with Gasteiger partial charge >= 0.3 is 5.97 Å². The number of nitrogens with one attached hydrogen (secondary N) is 1. The van der Waals surface area contributed by atoms with Crippen molar-refractivity contribution in [2.45, 2.75) is 11.5 Å². The van der Waals surface area contributed by atoms with Crippen molar-refractivity contribution in [2.24, 2.45) is 0 Å². The number of halogens is 1. The molecule has 2 aromatic carbocycles. The summed E-state index contributed by atoms with van der Waals surface area (Å²) in [4.78, 5) is 17.1. The number of anilines is 1. The van der Waals surface area contributed by atoms with Gasteiger partial charge in [0.2, 0.25) is 0 Å². The molecule has 5 rings (SSSR count). The van der Waals surface area contributed by atoms with Gasteiger partial charge in [-0.3, -0.25) is 4.72 Å². The summed E-state index contributed by atoms with van der Waals surface area (Å²) in [5.41, 5.74) is 1.33. The van der Waals surface area contributed by atoms with Gasteiger partial charge in [0.15, 0.2) is 11.5 Å². The van der Waals surface area contributed by atoms with E-state index >= 15 is 0 Å². The average Bonchev–Trinajstić information content (AvgIpc) is 3.24. The number of sulfonamides is 1. The maximum absolute atomic E-state index is 13.0. The number of esters is 1. The number of pyridine rings is 1. The standard InChI is InChI=1S/C23H18ClN3O6S/c24-15-5-8-22-25-16(13-27(22)12-15)14-33-23(28)18-3-1-2-4-19(18)26-34(29,30)17-6-7-20-21(11-17)32-10-9-31-20/h1-8,11-13,26H,9-10,14H2. The molecular formula is C23H18ClN3O6S. The van der Waals surface area contributed by atoms with E-state index in [9.17, 15) is 13.2 Å². The van der Waals surface area contributed by atoms with Crippen LogP contribution < -0.4 is 14.2 Å². The summed E-state index contributed by atoms with van der Waals surface area (Å²) < 4.78 is 46.4. The van der Waals surface area contributed by atoms with Crippen molar-refractivity contribution in [1.82, 2.24) is 9.38 Å². The number of ether oxygens (including phenoxy) is 3. The molecule has 0 radical (unpaired) electrons. The van der Waals surface area contributed by atoms with E-state index in [-0.39, 0.29) is 22.8 Å². The van der Waals surface area contributed by atoms with E-state index in [0.717, 1.165) is 0 Å². The van der Waals surface area contributed by atoms with E-state index in [2.05, 4.69) is 9.71 Å². The monoisotopic (exact) mass is 499 g/mol. The molecule has 0 spiro atoms. The van der Waals surface area contributed by atoms with Crippen LogP contribution in [0.15, 0.2) is 71.9 Å². The fourth-order valence-electron chi connectivity index (χ4n) is 3.45. The van der Waals surface area contributed by atoms with Crippen LogP contribution in [-0.4, -0.2) is 37.0 Å². The SMILES string of the molecule is O=C(OCc1cn2cc(Cl)ccc2n1)c1ccccc1NS(=O)(=O)c1ccc2c(c1)OCCO2. The first-order valence-electron chi connectivity index (χ1n) is 10.2. The minimum atomic E-state index is -4.01. The summed E-state index contributed by atoms with van der Waals surface area (Å²) in [6.45, 7) is 0.634. The molecule has 0 amide bonds. The molecule has 0 aliphatic carbocycles. The van der Waals surface area contributed by atoms with Gasteiger partial charge in [0.1, 0.15) is 25.5 Å². The molecule has 9 nitrogen and oxygen atoms in total. The zero-order valence-corrected chi connectivity index (χ0v) is 19.2. The van der Waals surface area contributed by atoms with Crippen molar-refractivity contribution >= 4 is 38.9 Å². The number of imidazole rings is 1. The van der Waals surface area contributed by atoms with Crippen LogP contribution in [0, 0.1) is 0 Å². The van der Waals surface area contributed by atoms with Crippen LogP contribution in [-0.2, 0) is 21.4 Å². The highest BCUT2D eigenvalue weighted by Crippen LogP contribution is 2.33. The van der Waals surface area contributed by atoms with E-state index in [1.807, 2.05) is 0 Å². The molecule has 1 N–H and O–H groups in total. The lowest BCUT2D eigenvalue weighted by atomic mass is 10.2. The number of hydrogen-bond donors (Lipinski definition) is 1. The Labute approximate surface area is 199 Å². The van der Waals surface area contributed by atoms with Crippen molar-refractivity contribution < 1.29 is 27.4 Å². The second-order valence-corrected chi connectivity index (χ2v) is 9.50. The van der Waals surface area contributed by atoms with Crippen LogP contribution in [0.1, 0.15) is 16.1 Å². The molecule has 4 aromatic rings. The molecule has 34 heavy (non-hydrogen) atoms. The summed E-state index contributed by atoms with van der Waals surface area (Å²) >= 11 is 5.98. The molecule has 174 valence electrons. The fourth-order valence-corrected chi connectivity index (χ4v) is 4.71. The molecule has 0 saturated heterocycles. The van der Waals surface area contributed by atoms with Crippen molar-refractivity contribution in [3.8, 4) is 11.5 Å². The topological polar surface area (TPSA) is 108 Å². The van der Waals surface area contributed by atoms with E-state index in [0.29, 0.717) is 41.1 Å². The number of rotatable bonds is 6. The number of benzene rings is 2. The maximum atomic E-state index is 13.0. The highest BCUT2D eigenvalue weighted by atomic mass is 35.5. The number of para-hydroxylation sites is 1. The van der Waals surface area contributed by atoms with Gasteiger partial charge in [-0.2, -0.15) is 0 Å². The number of carbonyl (C=O) groups excluding carboxylic acids is 1.